The summed E-state index contributed by atoms with van der Waals surface area (Å²) < 4.78 is 0. The Bertz CT molecular complexity index is 936. The van der Waals surface area contributed by atoms with Gasteiger partial charge in [0.1, 0.15) is 12.1 Å². The van der Waals surface area contributed by atoms with Crippen molar-refractivity contribution in [3.05, 3.63) is 35.9 Å². The number of carbonyl (C=O) groups is 5. The Balaban J connectivity index is 2.78. The number of aliphatic imine (C=N–C) groups is 1. The molecule has 0 bridgehead atoms. The van der Waals surface area contributed by atoms with E-state index in [0.29, 0.717) is 12.0 Å². The highest BCUT2D eigenvalue weighted by Crippen LogP contribution is 2.06. The molecule has 14 nitrogen and oxygen atoms in total. The first kappa shape index (κ1) is 29.8. The number of nitrogens with two attached hydrogens (primary N) is 3. The van der Waals surface area contributed by atoms with Gasteiger partial charge in [-0.3, -0.25) is 24.2 Å². The molecule has 0 saturated carbocycles. The van der Waals surface area contributed by atoms with Crippen LogP contribution in [-0.2, 0) is 30.4 Å². The molecule has 0 saturated heterocycles. The number of guanidine groups is 1. The first-order valence-electron chi connectivity index (χ1n) is 11.2. The number of hydrogen-bond donors (Lipinski definition) is 8. The van der Waals surface area contributed by atoms with Gasteiger partial charge in [-0.05, 0) is 24.8 Å². The second-order valence-corrected chi connectivity index (χ2v) is 7.91. The second kappa shape index (κ2) is 15.7. The number of nitrogens with one attached hydrogen (secondary N) is 3. The highest BCUT2D eigenvalue weighted by molar-refractivity contribution is 5.92. The van der Waals surface area contributed by atoms with Crippen LogP contribution in [0.1, 0.15) is 31.2 Å². The normalized spacial score (nSPS) is 12.9. The summed E-state index contributed by atoms with van der Waals surface area (Å²) in [5.74, 6) is -4.70. The van der Waals surface area contributed by atoms with Gasteiger partial charge in [-0.1, -0.05) is 30.3 Å². The molecule has 1 rings (SSSR count). The van der Waals surface area contributed by atoms with Crippen molar-refractivity contribution in [2.24, 2.45) is 22.2 Å². The average molecular weight is 508 g/mol. The molecule has 198 valence electrons. The fourth-order valence-electron chi connectivity index (χ4n) is 3.05. The van der Waals surface area contributed by atoms with E-state index in [2.05, 4.69) is 20.9 Å². The number of carbonyl (C=O) groups excluding carboxylic acids is 3. The van der Waals surface area contributed by atoms with Gasteiger partial charge in [0.25, 0.3) is 0 Å². The minimum absolute atomic E-state index is 0.0286. The maximum atomic E-state index is 12.9. The fourth-order valence-corrected chi connectivity index (χ4v) is 3.05. The van der Waals surface area contributed by atoms with Crippen molar-refractivity contribution in [2.45, 2.75) is 50.2 Å². The molecule has 14 heteroatoms. The van der Waals surface area contributed by atoms with Crippen LogP contribution in [-0.4, -0.2) is 77.0 Å². The summed E-state index contributed by atoms with van der Waals surface area (Å²) in [5.41, 5.74) is 16.9. The number of carboxylic acids is 2. The molecular formula is C22H33N7O7. The van der Waals surface area contributed by atoms with E-state index < -0.39 is 54.3 Å². The van der Waals surface area contributed by atoms with Gasteiger partial charge in [-0.2, -0.15) is 0 Å². The Morgan fingerprint density at radius 2 is 1.58 bits per heavy atom. The maximum absolute atomic E-state index is 12.9. The molecule has 3 amide bonds. The van der Waals surface area contributed by atoms with E-state index in [9.17, 15) is 29.1 Å². The van der Waals surface area contributed by atoms with Crippen LogP contribution in [0.3, 0.4) is 0 Å². The van der Waals surface area contributed by atoms with Gasteiger partial charge >= 0.3 is 11.9 Å². The zero-order valence-corrected chi connectivity index (χ0v) is 19.7. The summed E-state index contributed by atoms with van der Waals surface area (Å²) in [6.07, 6.45) is -0.0266. The molecular weight excluding hydrogens is 474 g/mol. The van der Waals surface area contributed by atoms with E-state index >= 15 is 0 Å². The van der Waals surface area contributed by atoms with Crippen molar-refractivity contribution in [1.29, 1.82) is 0 Å². The lowest BCUT2D eigenvalue weighted by atomic mass is 10.0. The molecule has 36 heavy (non-hydrogen) atoms. The van der Waals surface area contributed by atoms with Gasteiger partial charge in [0.15, 0.2) is 5.96 Å². The van der Waals surface area contributed by atoms with Crippen LogP contribution in [0.4, 0.5) is 0 Å². The van der Waals surface area contributed by atoms with Crippen molar-refractivity contribution >= 4 is 35.6 Å². The standard InChI is InChI=1S/C22H33N7O7/c23-14(8-9-18(31)32)19(33)27-12-17(30)28-15(7-4-10-26-22(24)25)20(34)29-16(21(35)36)11-13-5-2-1-3-6-13/h1-3,5-6,14-16H,4,7-12,23H2,(H,27,33)(H,28,30)(H,29,34)(H,31,32)(H,35,36)(H4,24,25,26)/t14-,15-,16-/m0/s1. The van der Waals surface area contributed by atoms with Crippen molar-refractivity contribution < 1.29 is 34.2 Å². The van der Waals surface area contributed by atoms with E-state index in [1.54, 1.807) is 30.3 Å². The van der Waals surface area contributed by atoms with E-state index in [1.165, 1.54) is 0 Å². The molecule has 0 aromatic heterocycles. The van der Waals surface area contributed by atoms with Gasteiger partial charge in [-0.15, -0.1) is 0 Å². The molecule has 0 unspecified atom stereocenters. The van der Waals surface area contributed by atoms with Gasteiger partial charge in [0.05, 0.1) is 12.6 Å². The van der Waals surface area contributed by atoms with Gasteiger partial charge < -0.3 is 43.4 Å². The zero-order chi connectivity index (χ0) is 27.1. The molecule has 0 heterocycles. The van der Waals surface area contributed by atoms with Crippen LogP contribution in [0.15, 0.2) is 35.3 Å². The van der Waals surface area contributed by atoms with Gasteiger partial charge in [0.2, 0.25) is 17.7 Å². The molecule has 1 aromatic rings. The number of hydrogen-bond acceptors (Lipinski definition) is 7. The zero-order valence-electron chi connectivity index (χ0n) is 19.7. The lowest BCUT2D eigenvalue weighted by Crippen LogP contribution is -2.54. The van der Waals surface area contributed by atoms with Crippen LogP contribution in [0.25, 0.3) is 0 Å². The Labute approximate surface area is 207 Å². The van der Waals surface area contributed by atoms with Crippen molar-refractivity contribution in [3.8, 4) is 0 Å². The Kier molecular flexibility index (Phi) is 13.0. The maximum Gasteiger partial charge on any atom is 0.326 e. The fraction of sp³-hybridized carbons (Fsp3) is 0.455. The predicted octanol–water partition coefficient (Wildman–Crippen LogP) is -2.35. The quantitative estimate of drug-likeness (QED) is 0.0671. The molecule has 11 N–H and O–H groups in total. The highest BCUT2D eigenvalue weighted by atomic mass is 16.4. The number of rotatable bonds is 16. The van der Waals surface area contributed by atoms with Crippen molar-refractivity contribution in [2.75, 3.05) is 13.1 Å². The molecule has 0 fully saturated rings. The third-order valence-corrected chi connectivity index (χ3v) is 4.92. The molecule has 0 aliphatic heterocycles. The summed E-state index contributed by atoms with van der Waals surface area (Å²) in [7, 11) is 0. The largest absolute Gasteiger partial charge is 0.481 e. The molecule has 0 aliphatic rings. The van der Waals surface area contributed by atoms with E-state index in [-0.39, 0.29) is 38.2 Å². The molecule has 0 radical (unpaired) electrons. The van der Waals surface area contributed by atoms with Crippen LogP contribution in [0.2, 0.25) is 0 Å². The van der Waals surface area contributed by atoms with Gasteiger partial charge in [0, 0.05) is 19.4 Å². The van der Waals surface area contributed by atoms with Crippen LogP contribution >= 0.6 is 0 Å². The number of benzene rings is 1. The summed E-state index contributed by atoms with van der Waals surface area (Å²) in [6, 6.07) is 5.20. The summed E-state index contributed by atoms with van der Waals surface area (Å²) >= 11 is 0. The second-order valence-electron chi connectivity index (χ2n) is 7.91. The Hall–Kier alpha value is -4.20. The minimum atomic E-state index is -1.25. The molecule has 0 aliphatic carbocycles. The van der Waals surface area contributed by atoms with E-state index in [4.69, 9.17) is 22.3 Å². The average Bonchev–Trinajstić information content (AvgIpc) is 2.82. The predicted molar refractivity (Wildman–Crippen MR) is 129 cm³/mol. The summed E-state index contributed by atoms with van der Waals surface area (Å²) in [5, 5.41) is 25.4. The van der Waals surface area contributed by atoms with Crippen LogP contribution < -0.4 is 33.2 Å². The van der Waals surface area contributed by atoms with Gasteiger partial charge in [-0.25, -0.2) is 4.79 Å². The Morgan fingerprint density at radius 3 is 2.17 bits per heavy atom. The minimum Gasteiger partial charge on any atom is -0.481 e. The number of nitrogens with zero attached hydrogens (tertiary/aromatic N) is 1. The molecule has 3 atom stereocenters. The summed E-state index contributed by atoms with van der Waals surface area (Å²) in [4.78, 5) is 63.3. The summed E-state index contributed by atoms with van der Waals surface area (Å²) in [6.45, 7) is -0.354. The number of carboxylic acid groups (broad SMARTS) is 2. The van der Waals surface area contributed by atoms with E-state index in [0.717, 1.165) is 0 Å². The molecule has 0 spiro atoms. The van der Waals surface area contributed by atoms with Crippen LogP contribution in [0.5, 0.6) is 0 Å². The first-order chi connectivity index (χ1) is 17.0. The monoisotopic (exact) mass is 507 g/mol. The lowest BCUT2D eigenvalue weighted by molar-refractivity contribution is -0.142. The van der Waals surface area contributed by atoms with E-state index in [1.807, 2.05) is 0 Å². The smallest absolute Gasteiger partial charge is 0.326 e. The Morgan fingerprint density at radius 1 is 0.917 bits per heavy atom. The first-order valence-corrected chi connectivity index (χ1v) is 11.2. The lowest BCUT2D eigenvalue weighted by Gasteiger charge is -2.22. The SMILES string of the molecule is NC(N)=NCCC[C@H](NC(=O)CNC(=O)[C@@H](N)CCC(=O)O)C(=O)N[C@@H](Cc1ccccc1)C(=O)O. The third kappa shape index (κ3) is 12.3. The third-order valence-electron chi connectivity index (χ3n) is 4.92. The highest BCUT2D eigenvalue weighted by Gasteiger charge is 2.27. The van der Waals surface area contributed by atoms with Crippen molar-refractivity contribution in [1.82, 2.24) is 16.0 Å². The number of amides is 3. The molecule has 1 aromatic carbocycles. The topological polar surface area (TPSA) is 252 Å². The number of aliphatic carboxylic acids is 2. The van der Waals surface area contributed by atoms with Crippen LogP contribution in [0, 0.1) is 0 Å². The van der Waals surface area contributed by atoms with Crippen molar-refractivity contribution in [3.63, 3.8) is 0 Å².